The summed E-state index contributed by atoms with van der Waals surface area (Å²) in [7, 11) is 4.12. The molecule has 2 aromatic heterocycles. The third-order valence-electron chi connectivity index (χ3n) is 2.74. The Bertz CT molecular complexity index is 485. The van der Waals surface area contributed by atoms with Crippen molar-refractivity contribution in [1.82, 2.24) is 19.7 Å². The summed E-state index contributed by atoms with van der Waals surface area (Å²) in [5.74, 6) is 0. The van der Waals surface area contributed by atoms with Gasteiger partial charge in [0.25, 0.3) is 0 Å². The zero-order valence-electron chi connectivity index (χ0n) is 11.3. The van der Waals surface area contributed by atoms with Crippen LogP contribution in [0, 0.1) is 0 Å². The standard InChI is InChI=1S/C14H20N4/c1-4-9-18-14(7-8-16-18)13-6-5-12(10-15-13)11-17(2)3/h5-8,10H,4,9,11H2,1-3H3. The van der Waals surface area contributed by atoms with Gasteiger partial charge in [-0.05, 0) is 38.2 Å². The quantitative estimate of drug-likeness (QED) is 0.810. The first-order valence-corrected chi connectivity index (χ1v) is 6.32. The lowest BCUT2D eigenvalue weighted by atomic mass is 10.2. The molecule has 0 amide bonds. The van der Waals surface area contributed by atoms with Crippen molar-refractivity contribution in [2.75, 3.05) is 14.1 Å². The van der Waals surface area contributed by atoms with Crippen LogP contribution in [0.5, 0.6) is 0 Å². The Morgan fingerprint density at radius 2 is 2.06 bits per heavy atom. The maximum Gasteiger partial charge on any atom is 0.0883 e. The van der Waals surface area contributed by atoms with E-state index in [2.05, 4.69) is 48.1 Å². The van der Waals surface area contributed by atoms with Crippen molar-refractivity contribution in [3.05, 3.63) is 36.2 Å². The monoisotopic (exact) mass is 244 g/mol. The number of aryl methyl sites for hydroxylation is 1. The molecule has 2 rings (SSSR count). The first-order chi connectivity index (χ1) is 8.70. The summed E-state index contributed by atoms with van der Waals surface area (Å²) in [5, 5.41) is 4.32. The SMILES string of the molecule is CCCn1nccc1-c1ccc(CN(C)C)cn1. The van der Waals surface area contributed by atoms with Crippen LogP contribution in [0.2, 0.25) is 0 Å². The molecule has 2 aromatic rings. The average Bonchev–Trinajstić information content (AvgIpc) is 2.78. The minimum atomic E-state index is 0.918. The van der Waals surface area contributed by atoms with E-state index in [9.17, 15) is 0 Å². The molecule has 96 valence electrons. The van der Waals surface area contributed by atoms with E-state index in [1.54, 1.807) is 0 Å². The molecule has 0 radical (unpaired) electrons. The fraction of sp³-hybridized carbons (Fsp3) is 0.429. The van der Waals surface area contributed by atoms with Crippen LogP contribution in [0.3, 0.4) is 0 Å². The van der Waals surface area contributed by atoms with Crippen LogP contribution in [0.4, 0.5) is 0 Å². The minimum Gasteiger partial charge on any atom is -0.305 e. The maximum atomic E-state index is 4.53. The third-order valence-corrected chi connectivity index (χ3v) is 2.74. The van der Waals surface area contributed by atoms with Crippen molar-refractivity contribution < 1.29 is 0 Å². The molecule has 0 atom stereocenters. The lowest BCUT2D eigenvalue weighted by Gasteiger charge is -2.10. The van der Waals surface area contributed by atoms with Gasteiger partial charge in [0.05, 0.1) is 11.4 Å². The molecule has 0 aliphatic heterocycles. The van der Waals surface area contributed by atoms with E-state index in [0.29, 0.717) is 0 Å². The van der Waals surface area contributed by atoms with Crippen LogP contribution in [-0.4, -0.2) is 33.8 Å². The second-order valence-corrected chi connectivity index (χ2v) is 4.73. The van der Waals surface area contributed by atoms with E-state index >= 15 is 0 Å². The van der Waals surface area contributed by atoms with E-state index < -0.39 is 0 Å². The highest BCUT2D eigenvalue weighted by atomic mass is 15.3. The maximum absolute atomic E-state index is 4.53. The Morgan fingerprint density at radius 1 is 1.22 bits per heavy atom. The highest BCUT2D eigenvalue weighted by Crippen LogP contribution is 2.17. The Labute approximate surface area is 108 Å². The molecule has 0 aliphatic carbocycles. The molecule has 0 aromatic carbocycles. The van der Waals surface area contributed by atoms with Gasteiger partial charge in [0.1, 0.15) is 0 Å². The second kappa shape index (κ2) is 5.78. The number of nitrogens with zero attached hydrogens (tertiary/aromatic N) is 4. The Kier molecular flexibility index (Phi) is 4.10. The Balaban J connectivity index is 2.20. The Hall–Kier alpha value is -1.68. The molecule has 4 nitrogen and oxygen atoms in total. The van der Waals surface area contributed by atoms with Gasteiger partial charge in [0.2, 0.25) is 0 Å². The molecule has 2 heterocycles. The van der Waals surface area contributed by atoms with E-state index in [4.69, 9.17) is 0 Å². The summed E-state index contributed by atoms with van der Waals surface area (Å²) >= 11 is 0. The zero-order chi connectivity index (χ0) is 13.0. The first-order valence-electron chi connectivity index (χ1n) is 6.32. The molecular formula is C14H20N4. The van der Waals surface area contributed by atoms with E-state index in [-0.39, 0.29) is 0 Å². The molecule has 0 bridgehead atoms. The third kappa shape index (κ3) is 2.96. The molecule has 0 saturated heterocycles. The largest absolute Gasteiger partial charge is 0.305 e. The van der Waals surface area contributed by atoms with Gasteiger partial charge in [-0.25, -0.2) is 0 Å². The smallest absolute Gasteiger partial charge is 0.0883 e. The van der Waals surface area contributed by atoms with E-state index in [1.165, 1.54) is 5.56 Å². The topological polar surface area (TPSA) is 34.0 Å². The van der Waals surface area contributed by atoms with Gasteiger partial charge in [-0.3, -0.25) is 9.67 Å². The number of aromatic nitrogens is 3. The molecule has 4 heteroatoms. The molecule has 0 fully saturated rings. The summed E-state index contributed by atoms with van der Waals surface area (Å²) < 4.78 is 2.01. The fourth-order valence-corrected chi connectivity index (χ4v) is 1.97. The van der Waals surface area contributed by atoms with Crippen LogP contribution in [0.25, 0.3) is 11.4 Å². The van der Waals surface area contributed by atoms with Crippen molar-refractivity contribution in [2.45, 2.75) is 26.4 Å². The molecule has 0 saturated carbocycles. The van der Waals surface area contributed by atoms with Gasteiger partial charge >= 0.3 is 0 Å². The Morgan fingerprint density at radius 3 is 2.67 bits per heavy atom. The molecule has 0 unspecified atom stereocenters. The van der Waals surface area contributed by atoms with Crippen molar-refractivity contribution >= 4 is 0 Å². The summed E-state index contributed by atoms with van der Waals surface area (Å²) in [5.41, 5.74) is 3.31. The van der Waals surface area contributed by atoms with Crippen molar-refractivity contribution in [3.63, 3.8) is 0 Å². The lowest BCUT2D eigenvalue weighted by molar-refractivity contribution is 0.402. The number of hydrogen-bond donors (Lipinski definition) is 0. The highest BCUT2D eigenvalue weighted by molar-refractivity contribution is 5.54. The molecule has 0 aliphatic rings. The predicted molar refractivity (Wildman–Crippen MR) is 73.1 cm³/mol. The summed E-state index contributed by atoms with van der Waals surface area (Å²) in [6, 6.07) is 6.22. The van der Waals surface area contributed by atoms with Crippen LogP contribution in [0.15, 0.2) is 30.6 Å². The normalized spacial score (nSPS) is 11.1. The van der Waals surface area contributed by atoms with Crippen LogP contribution in [-0.2, 0) is 13.1 Å². The van der Waals surface area contributed by atoms with Crippen LogP contribution in [0.1, 0.15) is 18.9 Å². The highest BCUT2D eigenvalue weighted by Gasteiger charge is 2.06. The minimum absolute atomic E-state index is 0.918. The summed E-state index contributed by atoms with van der Waals surface area (Å²) in [6.45, 7) is 4.00. The average molecular weight is 244 g/mol. The fourth-order valence-electron chi connectivity index (χ4n) is 1.97. The molecule has 0 N–H and O–H groups in total. The van der Waals surface area contributed by atoms with Gasteiger partial charge in [-0.15, -0.1) is 0 Å². The lowest BCUT2D eigenvalue weighted by Crippen LogP contribution is -2.10. The van der Waals surface area contributed by atoms with Crippen molar-refractivity contribution in [3.8, 4) is 11.4 Å². The number of pyridine rings is 1. The van der Waals surface area contributed by atoms with E-state index in [0.717, 1.165) is 30.9 Å². The van der Waals surface area contributed by atoms with Gasteiger partial charge in [0.15, 0.2) is 0 Å². The van der Waals surface area contributed by atoms with Gasteiger partial charge in [0, 0.05) is 25.5 Å². The second-order valence-electron chi connectivity index (χ2n) is 4.73. The number of rotatable bonds is 5. The van der Waals surface area contributed by atoms with Crippen molar-refractivity contribution in [2.24, 2.45) is 0 Å². The summed E-state index contributed by atoms with van der Waals surface area (Å²) in [6.07, 6.45) is 4.85. The molecular weight excluding hydrogens is 224 g/mol. The van der Waals surface area contributed by atoms with Gasteiger partial charge < -0.3 is 4.90 Å². The van der Waals surface area contributed by atoms with Crippen LogP contribution < -0.4 is 0 Å². The van der Waals surface area contributed by atoms with Gasteiger partial charge in [-0.2, -0.15) is 5.10 Å². The van der Waals surface area contributed by atoms with E-state index in [1.807, 2.05) is 23.1 Å². The summed E-state index contributed by atoms with van der Waals surface area (Å²) in [4.78, 5) is 6.67. The van der Waals surface area contributed by atoms with Crippen molar-refractivity contribution in [1.29, 1.82) is 0 Å². The molecule has 18 heavy (non-hydrogen) atoms. The predicted octanol–water partition coefficient (Wildman–Crippen LogP) is 2.42. The van der Waals surface area contributed by atoms with Gasteiger partial charge in [-0.1, -0.05) is 13.0 Å². The molecule has 0 spiro atoms. The zero-order valence-corrected chi connectivity index (χ0v) is 11.3. The van der Waals surface area contributed by atoms with Crippen LogP contribution >= 0.6 is 0 Å². The first kappa shape index (κ1) is 12.8. The number of hydrogen-bond acceptors (Lipinski definition) is 3.